The van der Waals surface area contributed by atoms with Gasteiger partial charge in [0.05, 0.1) is 0 Å². The highest BCUT2D eigenvalue weighted by molar-refractivity contribution is 5.98. The van der Waals surface area contributed by atoms with Crippen LogP contribution in [0.15, 0.2) is 42.5 Å². The van der Waals surface area contributed by atoms with Crippen molar-refractivity contribution in [3.8, 4) is 0 Å². The number of nitrogens with one attached hydrogen (secondary N) is 1. The van der Waals surface area contributed by atoms with E-state index in [0.29, 0.717) is 12.0 Å². The van der Waals surface area contributed by atoms with Crippen LogP contribution in [0.3, 0.4) is 0 Å². The van der Waals surface area contributed by atoms with Gasteiger partial charge in [-0.15, -0.1) is 0 Å². The molecule has 1 amide bonds. The van der Waals surface area contributed by atoms with Crippen LogP contribution in [0.2, 0.25) is 0 Å². The van der Waals surface area contributed by atoms with Gasteiger partial charge < -0.3 is 10.2 Å². The molecular weight excluding hydrogens is 284 g/mol. The van der Waals surface area contributed by atoms with E-state index in [-0.39, 0.29) is 5.91 Å². The van der Waals surface area contributed by atoms with Crippen molar-refractivity contribution >= 4 is 16.7 Å². The molecule has 3 nitrogen and oxygen atoms in total. The smallest absolute Gasteiger partial charge is 0.254 e. The van der Waals surface area contributed by atoms with Gasteiger partial charge in [-0.3, -0.25) is 4.79 Å². The largest absolute Gasteiger partial charge is 0.334 e. The number of fused-ring (bicyclic) bond motifs is 1. The first-order valence-corrected chi connectivity index (χ1v) is 8.82. The minimum absolute atomic E-state index is 0.205. The quantitative estimate of drug-likeness (QED) is 0.938. The van der Waals surface area contributed by atoms with E-state index < -0.39 is 0 Å². The topological polar surface area (TPSA) is 32.3 Å². The molecule has 1 aliphatic carbocycles. The third-order valence-electron chi connectivity index (χ3n) is 5.41. The lowest BCUT2D eigenvalue weighted by Gasteiger charge is -2.36. The van der Waals surface area contributed by atoms with E-state index in [2.05, 4.69) is 28.4 Å². The molecule has 120 valence electrons. The fraction of sp³-hybridized carbons (Fsp3) is 0.450. The van der Waals surface area contributed by atoms with Crippen molar-refractivity contribution in [2.75, 3.05) is 19.6 Å². The molecule has 0 bridgehead atoms. The van der Waals surface area contributed by atoms with Gasteiger partial charge in [-0.2, -0.15) is 0 Å². The van der Waals surface area contributed by atoms with Crippen molar-refractivity contribution < 1.29 is 4.79 Å². The molecule has 2 aromatic carbocycles. The molecule has 4 rings (SSSR count). The summed E-state index contributed by atoms with van der Waals surface area (Å²) in [6.45, 7) is 2.89. The predicted octanol–water partition coefficient (Wildman–Crippen LogP) is 3.44. The van der Waals surface area contributed by atoms with Gasteiger partial charge in [0, 0.05) is 24.7 Å². The van der Waals surface area contributed by atoms with Gasteiger partial charge in [0.1, 0.15) is 0 Å². The zero-order chi connectivity index (χ0) is 15.6. The standard InChI is InChI=1S/C20H24N2O/c23-20(18-9-8-16-6-1-2-7-17(16)12-18)22(14-15-4-3-5-15)19-10-11-21-13-19/h1-2,6-9,12,15,19,21H,3-5,10-11,13-14H2. The summed E-state index contributed by atoms with van der Waals surface area (Å²) in [6, 6.07) is 14.7. The van der Waals surface area contributed by atoms with E-state index in [0.717, 1.165) is 37.0 Å². The molecular formula is C20H24N2O. The first kappa shape index (κ1) is 14.7. The predicted molar refractivity (Wildman–Crippen MR) is 93.6 cm³/mol. The van der Waals surface area contributed by atoms with Gasteiger partial charge in [0.2, 0.25) is 0 Å². The van der Waals surface area contributed by atoms with Gasteiger partial charge in [0.15, 0.2) is 0 Å². The number of carbonyl (C=O) groups excluding carboxylic acids is 1. The summed E-state index contributed by atoms with van der Waals surface area (Å²) in [5.74, 6) is 0.913. The Kier molecular flexibility index (Phi) is 4.04. The second-order valence-electron chi connectivity index (χ2n) is 6.96. The number of hydrogen-bond acceptors (Lipinski definition) is 2. The van der Waals surface area contributed by atoms with Crippen LogP contribution < -0.4 is 5.32 Å². The number of nitrogens with zero attached hydrogens (tertiary/aromatic N) is 1. The van der Waals surface area contributed by atoms with Crippen LogP contribution in [-0.2, 0) is 0 Å². The summed E-state index contributed by atoms with van der Waals surface area (Å²) in [7, 11) is 0. The maximum absolute atomic E-state index is 13.1. The first-order valence-electron chi connectivity index (χ1n) is 8.82. The average molecular weight is 308 g/mol. The van der Waals surface area contributed by atoms with E-state index >= 15 is 0 Å². The lowest BCUT2D eigenvalue weighted by molar-refractivity contribution is 0.0616. The number of carbonyl (C=O) groups is 1. The van der Waals surface area contributed by atoms with Crippen molar-refractivity contribution in [1.82, 2.24) is 10.2 Å². The van der Waals surface area contributed by atoms with Crippen molar-refractivity contribution in [1.29, 1.82) is 0 Å². The normalized spacial score (nSPS) is 21.3. The van der Waals surface area contributed by atoms with Gasteiger partial charge in [-0.25, -0.2) is 0 Å². The highest BCUT2D eigenvalue weighted by Crippen LogP contribution is 2.29. The number of benzene rings is 2. The molecule has 2 aromatic rings. The zero-order valence-corrected chi connectivity index (χ0v) is 13.5. The Morgan fingerprint density at radius 1 is 1.09 bits per heavy atom. The maximum atomic E-state index is 13.1. The average Bonchev–Trinajstić information content (AvgIpc) is 3.07. The first-order chi connectivity index (χ1) is 11.3. The lowest BCUT2D eigenvalue weighted by atomic mass is 9.84. The molecule has 2 aliphatic rings. The summed E-state index contributed by atoms with van der Waals surface area (Å²) >= 11 is 0. The lowest BCUT2D eigenvalue weighted by Crippen LogP contribution is -2.45. The highest BCUT2D eigenvalue weighted by atomic mass is 16.2. The Hall–Kier alpha value is -1.87. The van der Waals surface area contributed by atoms with Crippen LogP contribution >= 0.6 is 0 Å². The van der Waals surface area contributed by atoms with Gasteiger partial charge >= 0.3 is 0 Å². The van der Waals surface area contributed by atoms with E-state index in [1.54, 1.807) is 0 Å². The van der Waals surface area contributed by atoms with Crippen LogP contribution in [0.5, 0.6) is 0 Å². The highest BCUT2D eigenvalue weighted by Gasteiger charge is 2.31. The second kappa shape index (κ2) is 6.32. The minimum Gasteiger partial charge on any atom is -0.334 e. The summed E-state index contributed by atoms with van der Waals surface area (Å²) < 4.78 is 0. The second-order valence-corrected chi connectivity index (χ2v) is 6.96. The molecule has 0 radical (unpaired) electrons. The molecule has 1 aliphatic heterocycles. The molecule has 1 unspecified atom stereocenters. The van der Waals surface area contributed by atoms with Crippen LogP contribution in [0, 0.1) is 5.92 Å². The van der Waals surface area contributed by atoms with Gasteiger partial charge in [-0.1, -0.05) is 36.8 Å². The Morgan fingerprint density at radius 2 is 1.91 bits per heavy atom. The van der Waals surface area contributed by atoms with Crippen LogP contribution in [0.1, 0.15) is 36.0 Å². The Bertz CT molecular complexity index is 702. The fourth-order valence-electron chi connectivity index (χ4n) is 3.74. The molecule has 1 atom stereocenters. The minimum atomic E-state index is 0.205. The third kappa shape index (κ3) is 2.98. The van der Waals surface area contributed by atoms with Crippen molar-refractivity contribution in [3.63, 3.8) is 0 Å². The van der Waals surface area contributed by atoms with Crippen LogP contribution in [0.25, 0.3) is 10.8 Å². The van der Waals surface area contributed by atoms with Gasteiger partial charge in [0.25, 0.3) is 5.91 Å². The van der Waals surface area contributed by atoms with Crippen LogP contribution in [-0.4, -0.2) is 36.5 Å². The monoisotopic (exact) mass is 308 g/mol. The molecule has 1 saturated carbocycles. The Morgan fingerprint density at radius 3 is 2.61 bits per heavy atom. The van der Waals surface area contributed by atoms with Gasteiger partial charge in [-0.05, 0) is 54.6 Å². The molecule has 3 heteroatoms. The van der Waals surface area contributed by atoms with E-state index in [1.165, 1.54) is 24.6 Å². The van der Waals surface area contributed by atoms with Crippen molar-refractivity contribution in [3.05, 3.63) is 48.0 Å². The molecule has 1 heterocycles. The summed E-state index contributed by atoms with van der Waals surface area (Å²) in [5, 5.41) is 5.74. The SMILES string of the molecule is O=C(c1ccc2ccccc2c1)N(CC1CCC1)C1CCNC1. The Balaban J connectivity index is 1.61. The fourth-order valence-corrected chi connectivity index (χ4v) is 3.74. The molecule has 1 saturated heterocycles. The Labute approximate surface area is 137 Å². The molecule has 2 fully saturated rings. The van der Waals surface area contributed by atoms with E-state index in [9.17, 15) is 4.79 Å². The van der Waals surface area contributed by atoms with E-state index in [4.69, 9.17) is 0 Å². The molecule has 23 heavy (non-hydrogen) atoms. The van der Waals surface area contributed by atoms with Crippen molar-refractivity contribution in [2.24, 2.45) is 5.92 Å². The number of amides is 1. The summed E-state index contributed by atoms with van der Waals surface area (Å²) in [4.78, 5) is 15.3. The van der Waals surface area contributed by atoms with Crippen LogP contribution in [0.4, 0.5) is 0 Å². The number of rotatable bonds is 4. The third-order valence-corrected chi connectivity index (χ3v) is 5.41. The zero-order valence-electron chi connectivity index (χ0n) is 13.5. The maximum Gasteiger partial charge on any atom is 0.254 e. The summed E-state index contributed by atoms with van der Waals surface area (Å²) in [6.07, 6.45) is 4.96. The molecule has 1 N–H and O–H groups in total. The molecule has 0 aromatic heterocycles. The number of hydrogen-bond donors (Lipinski definition) is 1. The summed E-state index contributed by atoms with van der Waals surface area (Å²) in [5.41, 5.74) is 0.829. The van der Waals surface area contributed by atoms with E-state index in [1.807, 2.05) is 24.3 Å². The van der Waals surface area contributed by atoms with Crippen molar-refractivity contribution in [2.45, 2.75) is 31.7 Å². The molecule has 0 spiro atoms.